The number of aromatic nitrogens is 2. The summed E-state index contributed by atoms with van der Waals surface area (Å²) in [6, 6.07) is 17.2. The molecule has 3 aromatic rings. The minimum atomic E-state index is -0.0292. The van der Waals surface area contributed by atoms with Gasteiger partial charge in [0.2, 0.25) is 11.8 Å². The largest absolute Gasteiger partial charge is 0.484 e. The molecule has 0 atom stereocenters. The molecule has 6 heteroatoms. The van der Waals surface area contributed by atoms with Crippen molar-refractivity contribution in [2.24, 2.45) is 0 Å². The lowest BCUT2D eigenvalue weighted by atomic mass is 10.2. The van der Waals surface area contributed by atoms with E-state index in [-0.39, 0.29) is 24.6 Å². The highest BCUT2D eigenvalue weighted by Gasteiger charge is 2.20. The molecule has 1 amide bonds. The van der Waals surface area contributed by atoms with Gasteiger partial charge in [-0.15, -0.1) is 10.2 Å². The lowest BCUT2D eigenvalue weighted by Crippen LogP contribution is -2.44. The van der Waals surface area contributed by atoms with Crippen molar-refractivity contribution in [3.63, 3.8) is 0 Å². The highest BCUT2D eigenvalue weighted by Crippen LogP contribution is 2.25. The van der Waals surface area contributed by atoms with E-state index < -0.39 is 0 Å². The van der Waals surface area contributed by atoms with E-state index in [9.17, 15) is 4.79 Å². The SMILES string of the molecule is CC(C)N(C(=O)COc1ccc(-c2nnc(-c3ccccc3)o2)cc1)C(C)C. The predicted octanol–water partition coefficient (Wildman–Crippen LogP) is 4.43. The average molecular weight is 379 g/mol. The van der Waals surface area contributed by atoms with E-state index in [2.05, 4.69) is 10.2 Å². The molecule has 0 saturated carbocycles. The first-order chi connectivity index (χ1) is 13.5. The summed E-state index contributed by atoms with van der Waals surface area (Å²) in [5.41, 5.74) is 1.67. The van der Waals surface area contributed by atoms with Crippen LogP contribution in [0.5, 0.6) is 5.75 Å². The molecule has 0 spiro atoms. The molecule has 3 rings (SSSR count). The third-order valence-corrected chi connectivity index (χ3v) is 4.31. The highest BCUT2D eigenvalue weighted by molar-refractivity contribution is 5.78. The summed E-state index contributed by atoms with van der Waals surface area (Å²) in [5.74, 6) is 1.50. The van der Waals surface area contributed by atoms with Crippen molar-refractivity contribution in [2.75, 3.05) is 6.61 Å². The van der Waals surface area contributed by atoms with Gasteiger partial charge in [0.15, 0.2) is 6.61 Å². The van der Waals surface area contributed by atoms with E-state index in [0.717, 1.165) is 11.1 Å². The Hall–Kier alpha value is -3.15. The van der Waals surface area contributed by atoms with Crippen LogP contribution in [-0.2, 0) is 4.79 Å². The number of rotatable bonds is 7. The lowest BCUT2D eigenvalue weighted by Gasteiger charge is -2.30. The first-order valence-electron chi connectivity index (χ1n) is 9.39. The molecule has 0 unspecified atom stereocenters. The van der Waals surface area contributed by atoms with Crippen LogP contribution < -0.4 is 4.74 Å². The second-order valence-corrected chi connectivity index (χ2v) is 7.08. The van der Waals surface area contributed by atoms with Gasteiger partial charge in [0.25, 0.3) is 5.91 Å². The van der Waals surface area contributed by atoms with Crippen molar-refractivity contribution < 1.29 is 13.9 Å². The zero-order chi connectivity index (χ0) is 20.1. The Morgan fingerprint density at radius 3 is 1.96 bits per heavy atom. The summed E-state index contributed by atoms with van der Waals surface area (Å²) in [5, 5.41) is 8.21. The van der Waals surface area contributed by atoms with Crippen molar-refractivity contribution in [1.29, 1.82) is 0 Å². The van der Waals surface area contributed by atoms with Crippen LogP contribution in [0, 0.1) is 0 Å². The first kappa shape index (κ1) is 19.6. The predicted molar refractivity (Wildman–Crippen MR) is 108 cm³/mol. The zero-order valence-corrected chi connectivity index (χ0v) is 16.6. The standard InChI is InChI=1S/C22H25N3O3/c1-15(2)25(16(3)4)20(26)14-27-19-12-10-18(11-13-19)22-24-23-21(28-22)17-8-6-5-7-9-17/h5-13,15-16H,14H2,1-4H3. The summed E-state index contributed by atoms with van der Waals surface area (Å²) in [6.07, 6.45) is 0. The molecule has 2 aromatic carbocycles. The van der Waals surface area contributed by atoms with Gasteiger partial charge in [-0.2, -0.15) is 0 Å². The van der Waals surface area contributed by atoms with Crippen LogP contribution in [0.4, 0.5) is 0 Å². The normalized spacial score (nSPS) is 11.1. The lowest BCUT2D eigenvalue weighted by molar-refractivity contribution is -0.136. The molecule has 0 N–H and O–H groups in total. The molecule has 1 heterocycles. The number of hydrogen-bond donors (Lipinski definition) is 0. The maximum absolute atomic E-state index is 12.4. The van der Waals surface area contributed by atoms with Gasteiger partial charge in [0.05, 0.1) is 0 Å². The number of carbonyl (C=O) groups excluding carboxylic acids is 1. The monoisotopic (exact) mass is 379 g/mol. The molecule has 6 nitrogen and oxygen atoms in total. The highest BCUT2D eigenvalue weighted by atomic mass is 16.5. The zero-order valence-electron chi connectivity index (χ0n) is 16.6. The summed E-state index contributed by atoms with van der Waals surface area (Å²) in [4.78, 5) is 14.2. The molecule has 0 aliphatic carbocycles. The van der Waals surface area contributed by atoms with Crippen molar-refractivity contribution >= 4 is 5.91 Å². The van der Waals surface area contributed by atoms with E-state index in [1.54, 1.807) is 12.1 Å². The quantitative estimate of drug-likeness (QED) is 0.607. The van der Waals surface area contributed by atoms with Crippen LogP contribution in [0.1, 0.15) is 27.7 Å². The molecule has 1 aromatic heterocycles. The number of nitrogens with zero attached hydrogens (tertiary/aromatic N) is 3. The Morgan fingerprint density at radius 2 is 1.43 bits per heavy atom. The van der Waals surface area contributed by atoms with Gasteiger partial charge < -0.3 is 14.1 Å². The summed E-state index contributed by atoms with van der Waals surface area (Å²) in [6.45, 7) is 8.01. The molecule has 28 heavy (non-hydrogen) atoms. The Kier molecular flexibility index (Phi) is 6.09. The van der Waals surface area contributed by atoms with E-state index >= 15 is 0 Å². The Labute approximate surface area is 165 Å². The molecule has 0 aliphatic heterocycles. The molecular formula is C22H25N3O3. The third kappa shape index (κ3) is 4.57. The van der Waals surface area contributed by atoms with Crippen LogP contribution in [0.25, 0.3) is 22.9 Å². The second-order valence-electron chi connectivity index (χ2n) is 7.08. The van der Waals surface area contributed by atoms with Gasteiger partial charge in [-0.3, -0.25) is 4.79 Å². The molecule has 0 radical (unpaired) electrons. The summed E-state index contributed by atoms with van der Waals surface area (Å²) < 4.78 is 11.4. The Balaban J connectivity index is 1.64. The van der Waals surface area contributed by atoms with Gasteiger partial charge in [-0.1, -0.05) is 18.2 Å². The fraction of sp³-hybridized carbons (Fsp3) is 0.318. The summed E-state index contributed by atoms with van der Waals surface area (Å²) in [7, 11) is 0. The van der Waals surface area contributed by atoms with E-state index in [1.165, 1.54) is 0 Å². The van der Waals surface area contributed by atoms with E-state index in [0.29, 0.717) is 17.5 Å². The molecule has 146 valence electrons. The Bertz CT molecular complexity index is 894. The Morgan fingerprint density at radius 1 is 0.893 bits per heavy atom. The molecule has 0 saturated heterocycles. The maximum atomic E-state index is 12.4. The van der Waals surface area contributed by atoms with Crippen molar-refractivity contribution in [3.05, 3.63) is 54.6 Å². The van der Waals surface area contributed by atoms with Gasteiger partial charge in [-0.25, -0.2) is 0 Å². The molecular weight excluding hydrogens is 354 g/mol. The third-order valence-electron chi connectivity index (χ3n) is 4.31. The van der Waals surface area contributed by atoms with Crippen LogP contribution in [0.2, 0.25) is 0 Å². The van der Waals surface area contributed by atoms with Gasteiger partial charge in [0.1, 0.15) is 5.75 Å². The minimum Gasteiger partial charge on any atom is -0.484 e. The topological polar surface area (TPSA) is 68.5 Å². The fourth-order valence-electron chi connectivity index (χ4n) is 3.12. The number of hydrogen-bond acceptors (Lipinski definition) is 5. The summed E-state index contributed by atoms with van der Waals surface area (Å²) >= 11 is 0. The molecule has 0 aliphatic rings. The van der Waals surface area contributed by atoms with Crippen LogP contribution in [-0.4, -0.2) is 39.7 Å². The smallest absolute Gasteiger partial charge is 0.260 e. The number of amides is 1. The maximum Gasteiger partial charge on any atom is 0.260 e. The van der Waals surface area contributed by atoms with Crippen LogP contribution >= 0.6 is 0 Å². The molecule has 0 bridgehead atoms. The molecule has 0 fully saturated rings. The van der Waals surface area contributed by atoms with Crippen molar-refractivity contribution in [1.82, 2.24) is 15.1 Å². The number of benzene rings is 2. The van der Waals surface area contributed by atoms with E-state index in [1.807, 2.05) is 75.1 Å². The number of ether oxygens (including phenoxy) is 1. The van der Waals surface area contributed by atoms with Crippen LogP contribution in [0.15, 0.2) is 59.0 Å². The number of carbonyl (C=O) groups is 1. The van der Waals surface area contributed by atoms with Gasteiger partial charge >= 0.3 is 0 Å². The average Bonchev–Trinajstić information content (AvgIpc) is 3.17. The minimum absolute atomic E-state index is 0.00835. The van der Waals surface area contributed by atoms with E-state index in [4.69, 9.17) is 9.15 Å². The van der Waals surface area contributed by atoms with Gasteiger partial charge in [0, 0.05) is 23.2 Å². The van der Waals surface area contributed by atoms with Crippen molar-refractivity contribution in [2.45, 2.75) is 39.8 Å². The van der Waals surface area contributed by atoms with Gasteiger partial charge in [-0.05, 0) is 64.1 Å². The fourth-order valence-corrected chi connectivity index (χ4v) is 3.12. The first-order valence-corrected chi connectivity index (χ1v) is 9.39. The van der Waals surface area contributed by atoms with Crippen LogP contribution in [0.3, 0.4) is 0 Å². The second kappa shape index (κ2) is 8.69. The van der Waals surface area contributed by atoms with Crippen molar-refractivity contribution in [3.8, 4) is 28.7 Å².